The third-order valence-electron chi connectivity index (χ3n) is 3.39. The van der Waals surface area contributed by atoms with E-state index >= 15 is 0 Å². The number of nitrogens with one attached hydrogen (secondary N) is 1. The molecule has 1 aromatic heterocycles. The number of phenolic OH excluding ortho intramolecular Hbond substituents is 1. The van der Waals surface area contributed by atoms with E-state index in [4.69, 9.17) is 4.74 Å². The summed E-state index contributed by atoms with van der Waals surface area (Å²) >= 11 is 0. The number of ether oxygens (including phenoxy) is 1. The highest BCUT2D eigenvalue weighted by Gasteiger charge is 2.14. The maximum atomic E-state index is 12.2. The molecule has 0 saturated heterocycles. The second-order valence-electron chi connectivity index (χ2n) is 5.02. The van der Waals surface area contributed by atoms with E-state index in [0.29, 0.717) is 23.7 Å². The van der Waals surface area contributed by atoms with E-state index in [-0.39, 0.29) is 11.7 Å². The number of aryl methyl sites for hydroxylation is 3. The van der Waals surface area contributed by atoms with E-state index in [9.17, 15) is 9.90 Å². The monoisotopic (exact) mass is 301 g/mol. The summed E-state index contributed by atoms with van der Waals surface area (Å²) < 4.78 is 5.04. The molecule has 2 aromatic rings. The van der Waals surface area contributed by atoms with Gasteiger partial charge in [-0.1, -0.05) is 6.07 Å². The molecule has 0 atom stereocenters. The van der Waals surface area contributed by atoms with E-state index in [1.807, 2.05) is 13.8 Å². The van der Waals surface area contributed by atoms with Gasteiger partial charge < -0.3 is 15.2 Å². The SMILES string of the molecule is COc1cc(CNC(=O)c2nc(C)c(C)nc2C)ccc1O. The van der Waals surface area contributed by atoms with Crippen LogP contribution in [0.3, 0.4) is 0 Å². The molecule has 0 radical (unpaired) electrons. The molecule has 2 N–H and O–H groups in total. The molecule has 0 unspecified atom stereocenters. The van der Waals surface area contributed by atoms with Crippen LogP contribution in [-0.4, -0.2) is 28.1 Å². The Balaban J connectivity index is 2.12. The molecule has 0 aliphatic heterocycles. The van der Waals surface area contributed by atoms with Crippen molar-refractivity contribution in [1.29, 1.82) is 0 Å². The molecule has 0 aliphatic carbocycles. The lowest BCUT2D eigenvalue weighted by atomic mass is 10.2. The first kappa shape index (κ1) is 15.8. The Morgan fingerprint density at radius 2 is 1.86 bits per heavy atom. The molecule has 2 rings (SSSR count). The summed E-state index contributed by atoms with van der Waals surface area (Å²) in [6.45, 7) is 5.75. The Morgan fingerprint density at radius 3 is 2.55 bits per heavy atom. The topological polar surface area (TPSA) is 84.3 Å². The van der Waals surface area contributed by atoms with Crippen molar-refractivity contribution >= 4 is 5.91 Å². The van der Waals surface area contributed by atoms with Gasteiger partial charge in [0.15, 0.2) is 11.5 Å². The number of nitrogens with zero attached hydrogens (tertiary/aromatic N) is 2. The zero-order valence-corrected chi connectivity index (χ0v) is 13.1. The lowest BCUT2D eigenvalue weighted by Gasteiger charge is -2.10. The van der Waals surface area contributed by atoms with Crippen LogP contribution in [0.25, 0.3) is 0 Å². The number of benzene rings is 1. The summed E-state index contributed by atoms with van der Waals surface area (Å²) in [5, 5.41) is 12.3. The molecular formula is C16H19N3O3. The number of aromatic nitrogens is 2. The fourth-order valence-corrected chi connectivity index (χ4v) is 2.03. The van der Waals surface area contributed by atoms with Crippen molar-refractivity contribution in [1.82, 2.24) is 15.3 Å². The summed E-state index contributed by atoms with van der Waals surface area (Å²) in [5.41, 5.74) is 3.30. The molecule has 1 heterocycles. The third-order valence-corrected chi connectivity index (χ3v) is 3.39. The third kappa shape index (κ3) is 3.33. The maximum absolute atomic E-state index is 12.2. The van der Waals surface area contributed by atoms with Gasteiger partial charge in [-0.05, 0) is 38.5 Å². The predicted molar refractivity (Wildman–Crippen MR) is 82.1 cm³/mol. The maximum Gasteiger partial charge on any atom is 0.272 e. The van der Waals surface area contributed by atoms with Crippen LogP contribution in [0, 0.1) is 20.8 Å². The van der Waals surface area contributed by atoms with Crippen molar-refractivity contribution in [2.24, 2.45) is 0 Å². The predicted octanol–water partition coefficient (Wildman–Crippen LogP) is 2.05. The summed E-state index contributed by atoms with van der Waals surface area (Å²) in [7, 11) is 1.48. The van der Waals surface area contributed by atoms with Gasteiger partial charge in [-0.2, -0.15) is 0 Å². The molecule has 6 heteroatoms. The molecule has 116 valence electrons. The average Bonchev–Trinajstić information content (AvgIpc) is 2.49. The number of amides is 1. The first-order chi connectivity index (χ1) is 10.4. The minimum atomic E-state index is -0.278. The molecule has 6 nitrogen and oxygen atoms in total. The number of carbonyl (C=O) groups excluding carboxylic acids is 1. The Kier molecular flexibility index (Phi) is 4.60. The van der Waals surface area contributed by atoms with E-state index in [1.165, 1.54) is 13.2 Å². The van der Waals surface area contributed by atoms with E-state index in [0.717, 1.165) is 17.0 Å². The average molecular weight is 301 g/mol. The van der Waals surface area contributed by atoms with Crippen LogP contribution in [-0.2, 0) is 6.54 Å². The highest BCUT2D eigenvalue weighted by atomic mass is 16.5. The van der Waals surface area contributed by atoms with Gasteiger partial charge in [0.25, 0.3) is 5.91 Å². The molecule has 0 saturated carbocycles. The minimum absolute atomic E-state index is 0.0634. The van der Waals surface area contributed by atoms with E-state index in [1.54, 1.807) is 19.1 Å². The number of aromatic hydroxyl groups is 1. The van der Waals surface area contributed by atoms with Crippen LogP contribution in [0.4, 0.5) is 0 Å². The van der Waals surface area contributed by atoms with Crippen molar-refractivity contribution in [3.05, 3.63) is 46.5 Å². The van der Waals surface area contributed by atoms with Crippen molar-refractivity contribution in [2.75, 3.05) is 7.11 Å². The van der Waals surface area contributed by atoms with Gasteiger partial charge >= 0.3 is 0 Å². The fraction of sp³-hybridized carbons (Fsp3) is 0.312. The summed E-state index contributed by atoms with van der Waals surface area (Å²) in [6.07, 6.45) is 0. The summed E-state index contributed by atoms with van der Waals surface area (Å²) in [6, 6.07) is 4.92. The van der Waals surface area contributed by atoms with Crippen LogP contribution >= 0.6 is 0 Å². The van der Waals surface area contributed by atoms with Gasteiger partial charge in [0.2, 0.25) is 0 Å². The molecule has 0 spiro atoms. The smallest absolute Gasteiger partial charge is 0.272 e. The van der Waals surface area contributed by atoms with Gasteiger partial charge in [-0.15, -0.1) is 0 Å². The Bertz CT molecular complexity index is 714. The highest BCUT2D eigenvalue weighted by Crippen LogP contribution is 2.26. The van der Waals surface area contributed by atoms with Gasteiger partial charge in [0, 0.05) is 6.54 Å². The number of hydrogen-bond donors (Lipinski definition) is 2. The first-order valence-electron chi connectivity index (χ1n) is 6.88. The van der Waals surface area contributed by atoms with E-state index in [2.05, 4.69) is 15.3 Å². The van der Waals surface area contributed by atoms with Crippen LogP contribution in [0.5, 0.6) is 11.5 Å². The molecule has 0 aliphatic rings. The van der Waals surface area contributed by atoms with Crippen molar-refractivity contribution in [3.8, 4) is 11.5 Å². The van der Waals surface area contributed by atoms with Crippen molar-refractivity contribution < 1.29 is 14.6 Å². The van der Waals surface area contributed by atoms with Gasteiger partial charge in [-0.25, -0.2) is 4.98 Å². The van der Waals surface area contributed by atoms with Crippen molar-refractivity contribution in [3.63, 3.8) is 0 Å². The Hall–Kier alpha value is -2.63. The second-order valence-corrected chi connectivity index (χ2v) is 5.02. The lowest BCUT2D eigenvalue weighted by Crippen LogP contribution is -2.25. The van der Waals surface area contributed by atoms with Crippen LogP contribution in [0.2, 0.25) is 0 Å². The largest absolute Gasteiger partial charge is 0.504 e. The zero-order valence-electron chi connectivity index (χ0n) is 13.1. The minimum Gasteiger partial charge on any atom is -0.504 e. The van der Waals surface area contributed by atoms with Crippen LogP contribution in [0.15, 0.2) is 18.2 Å². The fourth-order valence-electron chi connectivity index (χ4n) is 2.03. The second kappa shape index (κ2) is 6.43. The molecule has 1 aromatic carbocycles. The number of carbonyl (C=O) groups is 1. The van der Waals surface area contributed by atoms with E-state index < -0.39 is 0 Å². The standard InChI is InChI=1S/C16H19N3O3/c1-9-10(2)19-15(11(3)18-9)16(21)17-8-12-5-6-13(20)14(7-12)22-4/h5-7,20H,8H2,1-4H3,(H,17,21). The summed E-state index contributed by atoms with van der Waals surface area (Å²) in [4.78, 5) is 20.8. The van der Waals surface area contributed by atoms with Crippen LogP contribution in [0.1, 0.15) is 33.1 Å². The van der Waals surface area contributed by atoms with Gasteiger partial charge in [0.1, 0.15) is 5.69 Å². The highest BCUT2D eigenvalue weighted by molar-refractivity contribution is 5.93. The first-order valence-corrected chi connectivity index (χ1v) is 6.88. The van der Waals surface area contributed by atoms with Gasteiger partial charge in [-0.3, -0.25) is 9.78 Å². The molecule has 0 fully saturated rings. The normalized spacial score (nSPS) is 10.4. The number of phenols is 1. The molecular weight excluding hydrogens is 282 g/mol. The molecule has 1 amide bonds. The van der Waals surface area contributed by atoms with Crippen LogP contribution < -0.4 is 10.1 Å². The number of hydrogen-bond acceptors (Lipinski definition) is 5. The molecule has 22 heavy (non-hydrogen) atoms. The quantitative estimate of drug-likeness (QED) is 0.903. The number of rotatable bonds is 4. The Morgan fingerprint density at radius 1 is 1.18 bits per heavy atom. The molecule has 0 bridgehead atoms. The zero-order chi connectivity index (χ0) is 16.3. The Labute approximate surface area is 129 Å². The van der Waals surface area contributed by atoms with Gasteiger partial charge in [0.05, 0.1) is 24.2 Å². The van der Waals surface area contributed by atoms with Crippen molar-refractivity contribution in [2.45, 2.75) is 27.3 Å². The lowest BCUT2D eigenvalue weighted by molar-refractivity contribution is 0.0944. The summed E-state index contributed by atoms with van der Waals surface area (Å²) in [5.74, 6) is 0.155. The number of methoxy groups -OCH3 is 1.